The van der Waals surface area contributed by atoms with Gasteiger partial charge in [-0.1, -0.05) is 6.08 Å². The van der Waals surface area contributed by atoms with E-state index in [-0.39, 0.29) is 13.0 Å². The van der Waals surface area contributed by atoms with Crippen molar-refractivity contribution in [3.05, 3.63) is 12.3 Å². The van der Waals surface area contributed by atoms with Crippen LogP contribution in [0.4, 0.5) is 0 Å². The molecule has 124 valence electrons. The predicted molar refractivity (Wildman–Crippen MR) is 72.3 cm³/mol. The summed E-state index contributed by atoms with van der Waals surface area (Å²) in [5, 5.41) is 34.6. The summed E-state index contributed by atoms with van der Waals surface area (Å²) in [6, 6.07) is 0. The van der Waals surface area contributed by atoms with E-state index in [0.29, 0.717) is 0 Å². The first-order valence-corrected chi connectivity index (χ1v) is 6.21. The molecule has 0 aliphatic carbocycles. The maximum atomic E-state index is 10.6. The standard InChI is InChI=1S/C12H18N2O8/c15-9(16)5-13(6-10(17)18)3-1-2-4-14(7-11(19)20)8-12(21)22/h1,3H,2,4-8H2,(H,15,16)(H,17,18)(H,19,20)(H,21,22)/b3-1+. The van der Waals surface area contributed by atoms with Gasteiger partial charge in [0, 0.05) is 6.54 Å². The van der Waals surface area contributed by atoms with E-state index in [1.165, 1.54) is 17.2 Å². The molecule has 0 amide bonds. The average molecular weight is 318 g/mol. The highest BCUT2D eigenvalue weighted by molar-refractivity contribution is 5.73. The van der Waals surface area contributed by atoms with Gasteiger partial charge in [-0.2, -0.15) is 0 Å². The van der Waals surface area contributed by atoms with Crippen LogP contribution in [-0.4, -0.2) is 86.8 Å². The molecule has 0 bridgehead atoms. The molecule has 0 fully saturated rings. The third kappa shape index (κ3) is 11.2. The zero-order valence-corrected chi connectivity index (χ0v) is 11.7. The minimum absolute atomic E-state index is 0.128. The minimum Gasteiger partial charge on any atom is -0.480 e. The molecule has 0 unspecified atom stereocenters. The number of hydrogen-bond acceptors (Lipinski definition) is 6. The Kier molecular flexibility index (Phi) is 8.95. The zero-order chi connectivity index (χ0) is 17.1. The zero-order valence-electron chi connectivity index (χ0n) is 11.7. The number of carbonyl (C=O) groups is 4. The maximum absolute atomic E-state index is 10.6. The number of carboxylic acid groups (broad SMARTS) is 4. The molecule has 0 saturated heterocycles. The van der Waals surface area contributed by atoms with Crippen molar-refractivity contribution in [2.24, 2.45) is 0 Å². The second kappa shape index (κ2) is 10.2. The molecule has 0 aromatic heterocycles. The van der Waals surface area contributed by atoms with Crippen LogP contribution in [0.1, 0.15) is 6.42 Å². The molecule has 0 saturated carbocycles. The van der Waals surface area contributed by atoms with E-state index in [1.807, 2.05) is 0 Å². The van der Waals surface area contributed by atoms with E-state index in [1.54, 1.807) is 0 Å². The molecule has 0 aromatic carbocycles. The smallest absolute Gasteiger partial charge is 0.323 e. The fourth-order valence-electron chi connectivity index (χ4n) is 1.59. The van der Waals surface area contributed by atoms with Crippen LogP contribution in [-0.2, 0) is 19.2 Å². The summed E-state index contributed by atoms with van der Waals surface area (Å²) < 4.78 is 0. The first kappa shape index (κ1) is 19.4. The first-order chi connectivity index (χ1) is 10.2. The number of carboxylic acids is 4. The van der Waals surface area contributed by atoms with Crippen molar-refractivity contribution in [1.29, 1.82) is 0 Å². The number of nitrogens with zero attached hydrogens (tertiary/aromatic N) is 2. The van der Waals surface area contributed by atoms with Crippen LogP contribution in [0.15, 0.2) is 12.3 Å². The fraction of sp³-hybridized carbons (Fsp3) is 0.500. The Morgan fingerprint density at radius 3 is 1.50 bits per heavy atom. The van der Waals surface area contributed by atoms with Crippen LogP contribution in [0.3, 0.4) is 0 Å². The van der Waals surface area contributed by atoms with Gasteiger partial charge in [0.05, 0.1) is 13.1 Å². The Labute approximate surface area is 125 Å². The van der Waals surface area contributed by atoms with Crippen molar-refractivity contribution in [1.82, 2.24) is 9.80 Å². The monoisotopic (exact) mass is 318 g/mol. The summed E-state index contributed by atoms with van der Waals surface area (Å²) in [5.74, 6) is -4.71. The van der Waals surface area contributed by atoms with Crippen molar-refractivity contribution in [3.8, 4) is 0 Å². The van der Waals surface area contributed by atoms with E-state index >= 15 is 0 Å². The minimum atomic E-state index is -1.19. The molecule has 0 radical (unpaired) electrons. The summed E-state index contributed by atoms with van der Waals surface area (Å²) in [5.41, 5.74) is 0. The molecule has 0 aliphatic rings. The number of aliphatic carboxylic acids is 4. The van der Waals surface area contributed by atoms with Gasteiger partial charge >= 0.3 is 23.9 Å². The van der Waals surface area contributed by atoms with Gasteiger partial charge in [0.15, 0.2) is 0 Å². The lowest BCUT2D eigenvalue weighted by Crippen LogP contribution is -2.35. The lowest BCUT2D eigenvalue weighted by atomic mass is 10.3. The molecular formula is C12H18N2O8. The third-order valence-electron chi connectivity index (χ3n) is 2.32. The van der Waals surface area contributed by atoms with Gasteiger partial charge in [-0.25, -0.2) is 0 Å². The van der Waals surface area contributed by atoms with Crippen molar-refractivity contribution >= 4 is 23.9 Å². The summed E-state index contributed by atoms with van der Waals surface area (Å²) in [6.45, 7) is -1.72. The maximum Gasteiger partial charge on any atom is 0.323 e. The highest BCUT2D eigenvalue weighted by Crippen LogP contribution is 1.96. The molecule has 10 nitrogen and oxygen atoms in total. The Balaban J connectivity index is 4.44. The summed E-state index contributed by atoms with van der Waals surface area (Å²) in [4.78, 5) is 44.5. The fourth-order valence-corrected chi connectivity index (χ4v) is 1.59. The van der Waals surface area contributed by atoms with Gasteiger partial charge in [-0.05, 0) is 12.6 Å². The largest absolute Gasteiger partial charge is 0.480 e. The van der Waals surface area contributed by atoms with Crippen molar-refractivity contribution in [2.75, 3.05) is 32.7 Å². The third-order valence-corrected chi connectivity index (χ3v) is 2.32. The van der Waals surface area contributed by atoms with E-state index < -0.39 is 50.1 Å². The summed E-state index contributed by atoms with van der Waals surface area (Å²) in [7, 11) is 0. The molecule has 0 aromatic rings. The van der Waals surface area contributed by atoms with Gasteiger partial charge in [0.1, 0.15) is 13.1 Å². The molecule has 10 heteroatoms. The Bertz CT molecular complexity index is 416. The van der Waals surface area contributed by atoms with Crippen LogP contribution in [0.2, 0.25) is 0 Å². The molecule has 0 aliphatic heterocycles. The Morgan fingerprint density at radius 1 is 0.727 bits per heavy atom. The molecule has 4 N–H and O–H groups in total. The summed E-state index contributed by atoms with van der Waals surface area (Å²) in [6.07, 6.45) is 2.99. The average Bonchev–Trinajstić information content (AvgIpc) is 2.31. The van der Waals surface area contributed by atoms with Crippen LogP contribution < -0.4 is 0 Å². The van der Waals surface area contributed by atoms with Crippen LogP contribution in [0.25, 0.3) is 0 Å². The van der Waals surface area contributed by atoms with Gasteiger partial charge in [-0.3, -0.25) is 24.1 Å². The van der Waals surface area contributed by atoms with Crippen molar-refractivity contribution in [2.45, 2.75) is 6.42 Å². The molecule has 22 heavy (non-hydrogen) atoms. The lowest BCUT2D eigenvalue weighted by molar-refractivity contribution is -0.143. The predicted octanol–water partition coefficient (Wildman–Crippen LogP) is -1.17. The molecular weight excluding hydrogens is 300 g/mol. The number of rotatable bonds is 12. The first-order valence-electron chi connectivity index (χ1n) is 6.21. The van der Waals surface area contributed by atoms with Crippen molar-refractivity contribution in [3.63, 3.8) is 0 Å². The number of hydrogen-bond donors (Lipinski definition) is 4. The topological polar surface area (TPSA) is 156 Å². The van der Waals surface area contributed by atoms with Gasteiger partial charge in [-0.15, -0.1) is 0 Å². The SMILES string of the molecule is O=C(O)CN(/C=C/CCN(CC(=O)O)CC(=O)O)CC(=O)O. The highest BCUT2D eigenvalue weighted by Gasteiger charge is 2.12. The molecule has 0 heterocycles. The van der Waals surface area contributed by atoms with Crippen LogP contribution in [0.5, 0.6) is 0 Å². The quantitative estimate of drug-likeness (QED) is 0.346. The van der Waals surface area contributed by atoms with Gasteiger partial charge < -0.3 is 25.3 Å². The second-order valence-corrected chi connectivity index (χ2v) is 4.36. The van der Waals surface area contributed by atoms with Crippen molar-refractivity contribution < 1.29 is 39.6 Å². The Morgan fingerprint density at radius 2 is 1.14 bits per heavy atom. The van der Waals surface area contributed by atoms with E-state index in [2.05, 4.69) is 0 Å². The van der Waals surface area contributed by atoms with Gasteiger partial charge in [0.2, 0.25) is 0 Å². The Hall–Kier alpha value is -2.62. The highest BCUT2D eigenvalue weighted by atomic mass is 16.4. The second-order valence-electron chi connectivity index (χ2n) is 4.36. The van der Waals surface area contributed by atoms with E-state index in [9.17, 15) is 19.2 Å². The molecule has 0 spiro atoms. The normalized spacial score (nSPS) is 10.8. The summed E-state index contributed by atoms with van der Waals surface area (Å²) >= 11 is 0. The van der Waals surface area contributed by atoms with E-state index in [4.69, 9.17) is 20.4 Å². The van der Waals surface area contributed by atoms with Crippen LogP contribution >= 0.6 is 0 Å². The molecule has 0 rings (SSSR count). The van der Waals surface area contributed by atoms with Crippen LogP contribution in [0, 0.1) is 0 Å². The van der Waals surface area contributed by atoms with Gasteiger partial charge in [0.25, 0.3) is 0 Å². The lowest BCUT2D eigenvalue weighted by Gasteiger charge is -2.17. The van der Waals surface area contributed by atoms with E-state index in [0.717, 1.165) is 4.90 Å². The molecule has 0 atom stereocenters.